The van der Waals surface area contributed by atoms with Gasteiger partial charge < -0.3 is 9.30 Å². The zero-order chi connectivity index (χ0) is 14.8. The number of hydrogen-bond donors (Lipinski definition) is 0. The lowest BCUT2D eigenvalue weighted by atomic mass is 10.1. The van der Waals surface area contributed by atoms with E-state index in [1.807, 2.05) is 42.6 Å². The number of ether oxygens (including phenoxy) is 1. The van der Waals surface area contributed by atoms with Gasteiger partial charge in [-0.2, -0.15) is 0 Å². The van der Waals surface area contributed by atoms with Gasteiger partial charge in [-0.3, -0.25) is 0 Å². The van der Waals surface area contributed by atoms with E-state index < -0.39 is 0 Å². The molecule has 1 aliphatic rings. The average molecular weight is 303 g/mol. The van der Waals surface area contributed by atoms with Crippen molar-refractivity contribution in [2.24, 2.45) is 10.9 Å². The smallest absolute Gasteiger partial charge is 0.233 e. The molecule has 0 radical (unpaired) electrons. The minimum absolute atomic E-state index is 0.253. The van der Waals surface area contributed by atoms with Crippen LogP contribution in [-0.4, -0.2) is 23.1 Å². The summed E-state index contributed by atoms with van der Waals surface area (Å²) in [4.78, 5) is 4.70. The molecule has 1 aromatic heterocycles. The molecule has 0 unspecified atom stereocenters. The van der Waals surface area contributed by atoms with E-state index in [0.29, 0.717) is 12.5 Å². The fourth-order valence-corrected chi connectivity index (χ4v) is 2.62. The Morgan fingerprint density at radius 3 is 2.81 bits per heavy atom. The van der Waals surface area contributed by atoms with Gasteiger partial charge >= 0.3 is 0 Å². The highest BCUT2D eigenvalue weighted by Gasteiger charge is 2.24. The fourth-order valence-electron chi connectivity index (χ4n) is 2.43. The number of benzene rings is 1. The maximum atomic E-state index is 6.24. The first-order valence-electron chi connectivity index (χ1n) is 7.24. The standard InChI is InChI=1S/C17H19ClN2O/c1-12(2)15-11-21-17(19-15)16-8-5-9-20(16)10-13-6-3-4-7-14(13)18/h3-9,12,15H,10-11H2,1-2H3/t15-/m1/s1. The van der Waals surface area contributed by atoms with Crippen LogP contribution >= 0.6 is 11.6 Å². The highest BCUT2D eigenvalue weighted by Crippen LogP contribution is 2.21. The summed E-state index contributed by atoms with van der Waals surface area (Å²) < 4.78 is 7.90. The number of aliphatic imine (C=N–C) groups is 1. The molecule has 0 fully saturated rings. The second kappa shape index (κ2) is 5.94. The summed E-state index contributed by atoms with van der Waals surface area (Å²) in [5.41, 5.74) is 2.11. The number of rotatable bonds is 4. The maximum Gasteiger partial charge on any atom is 0.233 e. The molecule has 0 amide bonds. The number of aromatic nitrogens is 1. The van der Waals surface area contributed by atoms with Crippen LogP contribution in [0.3, 0.4) is 0 Å². The van der Waals surface area contributed by atoms with E-state index in [2.05, 4.69) is 18.4 Å². The molecule has 3 nitrogen and oxygen atoms in total. The van der Waals surface area contributed by atoms with Crippen molar-refractivity contribution < 1.29 is 4.74 Å². The molecule has 0 aliphatic carbocycles. The molecule has 21 heavy (non-hydrogen) atoms. The molecule has 0 bridgehead atoms. The Hall–Kier alpha value is -1.74. The van der Waals surface area contributed by atoms with Crippen LogP contribution in [0.5, 0.6) is 0 Å². The topological polar surface area (TPSA) is 26.5 Å². The molecule has 1 aliphatic heterocycles. The molecule has 2 aromatic rings. The molecule has 0 saturated carbocycles. The molecule has 110 valence electrons. The summed E-state index contributed by atoms with van der Waals surface area (Å²) in [6, 6.07) is 12.2. The normalized spacial score (nSPS) is 17.9. The van der Waals surface area contributed by atoms with Crippen LogP contribution in [0.4, 0.5) is 0 Å². The molecular weight excluding hydrogens is 284 g/mol. The Labute approximate surface area is 130 Å². The third-order valence-electron chi connectivity index (χ3n) is 3.79. The van der Waals surface area contributed by atoms with Crippen molar-refractivity contribution in [2.75, 3.05) is 6.61 Å². The molecule has 3 rings (SSSR count). The Balaban J connectivity index is 1.85. The van der Waals surface area contributed by atoms with Crippen molar-refractivity contribution in [2.45, 2.75) is 26.4 Å². The van der Waals surface area contributed by atoms with E-state index in [-0.39, 0.29) is 6.04 Å². The van der Waals surface area contributed by atoms with Gasteiger partial charge in [-0.05, 0) is 29.7 Å². The fraction of sp³-hybridized carbons (Fsp3) is 0.353. The lowest BCUT2D eigenvalue weighted by Crippen LogP contribution is -2.13. The van der Waals surface area contributed by atoms with Crippen molar-refractivity contribution in [3.05, 3.63) is 58.9 Å². The monoisotopic (exact) mass is 302 g/mol. The first-order chi connectivity index (χ1) is 10.1. The Morgan fingerprint density at radius 2 is 2.10 bits per heavy atom. The Kier molecular flexibility index (Phi) is 4.02. The van der Waals surface area contributed by atoms with Crippen LogP contribution < -0.4 is 0 Å². The van der Waals surface area contributed by atoms with Gasteiger partial charge in [0.1, 0.15) is 12.3 Å². The second-order valence-corrected chi connectivity index (χ2v) is 6.08. The van der Waals surface area contributed by atoms with Gasteiger partial charge in [0.05, 0.1) is 6.04 Å². The first-order valence-corrected chi connectivity index (χ1v) is 7.62. The third kappa shape index (κ3) is 2.98. The van der Waals surface area contributed by atoms with E-state index in [9.17, 15) is 0 Å². The van der Waals surface area contributed by atoms with Gasteiger partial charge in [0, 0.05) is 17.8 Å². The van der Waals surface area contributed by atoms with E-state index in [1.165, 1.54) is 0 Å². The van der Waals surface area contributed by atoms with Crippen LogP contribution in [0.2, 0.25) is 5.02 Å². The minimum Gasteiger partial charge on any atom is -0.474 e. The molecule has 2 heterocycles. The van der Waals surface area contributed by atoms with Gasteiger partial charge in [0.15, 0.2) is 0 Å². The van der Waals surface area contributed by atoms with Gasteiger partial charge in [-0.25, -0.2) is 4.99 Å². The third-order valence-corrected chi connectivity index (χ3v) is 4.16. The molecule has 1 aromatic carbocycles. The number of nitrogens with zero attached hydrogens (tertiary/aromatic N) is 2. The summed E-state index contributed by atoms with van der Waals surface area (Å²) in [7, 11) is 0. The summed E-state index contributed by atoms with van der Waals surface area (Å²) >= 11 is 6.24. The summed E-state index contributed by atoms with van der Waals surface area (Å²) in [5, 5.41) is 0.784. The largest absolute Gasteiger partial charge is 0.474 e. The van der Waals surface area contributed by atoms with Crippen molar-refractivity contribution in [1.29, 1.82) is 0 Å². The molecular formula is C17H19ClN2O. The van der Waals surface area contributed by atoms with Crippen LogP contribution in [0, 0.1) is 5.92 Å². The number of halogens is 1. The zero-order valence-electron chi connectivity index (χ0n) is 12.3. The molecule has 0 N–H and O–H groups in total. The van der Waals surface area contributed by atoms with E-state index in [1.54, 1.807) is 0 Å². The van der Waals surface area contributed by atoms with Crippen molar-refractivity contribution in [3.8, 4) is 0 Å². The van der Waals surface area contributed by atoms with Crippen molar-refractivity contribution in [3.63, 3.8) is 0 Å². The first kappa shape index (κ1) is 14.2. The summed E-state index contributed by atoms with van der Waals surface area (Å²) in [6.07, 6.45) is 2.03. The summed E-state index contributed by atoms with van der Waals surface area (Å²) in [6.45, 7) is 5.73. The lowest BCUT2D eigenvalue weighted by Gasteiger charge is -2.10. The number of hydrogen-bond acceptors (Lipinski definition) is 2. The SMILES string of the molecule is CC(C)[C@H]1COC(c2cccn2Cc2ccccc2Cl)=N1. The second-order valence-electron chi connectivity index (χ2n) is 5.67. The Bertz CT molecular complexity index is 660. The van der Waals surface area contributed by atoms with Gasteiger partial charge in [0.25, 0.3) is 0 Å². The quantitative estimate of drug-likeness (QED) is 0.838. The lowest BCUT2D eigenvalue weighted by molar-refractivity contribution is 0.290. The van der Waals surface area contributed by atoms with Crippen molar-refractivity contribution >= 4 is 17.5 Å². The average Bonchev–Trinajstić information content (AvgIpc) is 3.09. The highest BCUT2D eigenvalue weighted by atomic mass is 35.5. The van der Waals surface area contributed by atoms with E-state index in [4.69, 9.17) is 21.3 Å². The minimum atomic E-state index is 0.253. The van der Waals surface area contributed by atoms with Crippen LogP contribution in [0.15, 0.2) is 47.6 Å². The van der Waals surface area contributed by atoms with Crippen LogP contribution in [-0.2, 0) is 11.3 Å². The van der Waals surface area contributed by atoms with Gasteiger partial charge in [-0.1, -0.05) is 43.6 Å². The molecule has 0 saturated heterocycles. The van der Waals surface area contributed by atoms with Crippen LogP contribution in [0.25, 0.3) is 0 Å². The summed E-state index contributed by atoms with van der Waals surface area (Å²) in [5.74, 6) is 1.24. The van der Waals surface area contributed by atoms with Crippen LogP contribution in [0.1, 0.15) is 25.1 Å². The van der Waals surface area contributed by atoms with E-state index >= 15 is 0 Å². The zero-order valence-corrected chi connectivity index (χ0v) is 13.0. The van der Waals surface area contributed by atoms with Gasteiger partial charge in [-0.15, -0.1) is 0 Å². The molecule has 1 atom stereocenters. The van der Waals surface area contributed by atoms with E-state index in [0.717, 1.165) is 28.7 Å². The maximum absolute atomic E-state index is 6.24. The highest BCUT2D eigenvalue weighted by molar-refractivity contribution is 6.31. The predicted octanol–water partition coefficient (Wildman–Crippen LogP) is 3.99. The van der Waals surface area contributed by atoms with Crippen molar-refractivity contribution in [1.82, 2.24) is 4.57 Å². The molecule has 0 spiro atoms. The van der Waals surface area contributed by atoms with Gasteiger partial charge in [0.2, 0.25) is 5.90 Å². The molecule has 4 heteroatoms. The Morgan fingerprint density at radius 1 is 1.29 bits per heavy atom. The predicted molar refractivity (Wildman–Crippen MR) is 86.1 cm³/mol.